The van der Waals surface area contributed by atoms with E-state index in [0.717, 1.165) is 12.8 Å². The van der Waals surface area contributed by atoms with E-state index >= 15 is 0 Å². The summed E-state index contributed by atoms with van der Waals surface area (Å²) in [5.41, 5.74) is 0. The van der Waals surface area contributed by atoms with Gasteiger partial charge in [0.1, 0.15) is 12.6 Å². The number of rotatable bonds is 32. The van der Waals surface area contributed by atoms with E-state index in [1.807, 2.05) is 9.80 Å². The van der Waals surface area contributed by atoms with Gasteiger partial charge >= 0.3 is 39.1 Å². The van der Waals surface area contributed by atoms with Crippen LogP contribution in [0.1, 0.15) is 81.1 Å². The molecular weight excluding hydrogens is 774 g/mol. The molecule has 1 aliphatic carbocycles. The molecule has 0 amide bonds. The van der Waals surface area contributed by atoms with Crippen molar-refractivity contribution in [3.63, 3.8) is 0 Å². The fraction of sp³-hybridized carbons (Fsp3) is 0.889. The summed E-state index contributed by atoms with van der Waals surface area (Å²) in [6.07, 6.45) is 2.78. The van der Waals surface area contributed by atoms with E-state index in [4.69, 9.17) is 37.0 Å². The summed E-state index contributed by atoms with van der Waals surface area (Å²) in [4.78, 5) is 57.8. The van der Waals surface area contributed by atoms with Crippen LogP contribution < -0.4 is 0 Å². The second kappa shape index (κ2) is 29.3. The van der Waals surface area contributed by atoms with Crippen LogP contribution in [0.2, 0.25) is 0 Å². The van der Waals surface area contributed by atoms with Crippen LogP contribution in [0, 0.1) is 0 Å². The molecule has 0 aromatic heterocycles. The van der Waals surface area contributed by atoms with Crippen molar-refractivity contribution < 1.29 is 65.4 Å². The van der Waals surface area contributed by atoms with Crippen LogP contribution in [0.25, 0.3) is 0 Å². The number of hydrogen-bond donors (Lipinski definition) is 0. The second-order valence-electron chi connectivity index (χ2n) is 12.9. The van der Waals surface area contributed by atoms with Gasteiger partial charge in [-0.2, -0.15) is 0 Å². The fourth-order valence-electron chi connectivity index (χ4n) is 6.62. The molecule has 0 aromatic carbocycles. The van der Waals surface area contributed by atoms with Crippen molar-refractivity contribution in [1.29, 1.82) is 0 Å². The molecule has 0 spiro atoms. The zero-order valence-electron chi connectivity index (χ0n) is 35.1. The summed E-state index contributed by atoms with van der Waals surface area (Å²) >= 11 is 0. The minimum atomic E-state index is -3.68. The summed E-state index contributed by atoms with van der Waals surface area (Å²) in [5.74, 6) is -2.01. The Bertz CT molecular complexity index is 1100. The zero-order valence-corrected chi connectivity index (χ0v) is 36.9. The Hall–Kier alpha value is -1.98. The first-order valence-electron chi connectivity index (χ1n) is 20.1. The lowest BCUT2D eigenvalue weighted by atomic mass is 9.88. The van der Waals surface area contributed by atoms with E-state index in [1.165, 1.54) is 0 Å². The molecule has 0 saturated heterocycles. The summed E-state index contributed by atoms with van der Waals surface area (Å²) in [6.45, 7) is 15.2. The molecule has 0 N–H and O–H groups in total. The van der Waals surface area contributed by atoms with E-state index in [2.05, 4.69) is 0 Å². The first kappa shape index (κ1) is 52.0. The monoisotopic (exact) mass is 844 g/mol. The predicted molar refractivity (Wildman–Crippen MR) is 210 cm³/mol. The molecule has 18 nitrogen and oxygen atoms in total. The van der Waals surface area contributed by atoms with E-state index < -0.39 is 39.1 Å². The molecule has 0 radical (unpaired) electrons. The Kier molecular flexibility index (Phi) is 27.2. The minimum absolute atomic E-state index is 0.0945. The highest BCUT2D eigenvalue weighted by Crippen LogP contribution is 2.51. The number of nitrogens with zero attached hydrogens (tertiary/aromatic N) is 4. The zero-order chi connectivity index (χ0) is 42.0. The fourth-order valence-corrected chi connectivity index (χ4v) is 10.3. The molecule has 20 heteroatoms. The van der Waals surface area contributed by atoms with E-state index in [9.17, 15) is 28.3 Å². The molecule has 0 bridgehead atoms. The van der Waals surface area contributed by atoms with Gasteiger partial charge in [-0.3, -0.25) is 47.9 Å². The molecule has 1 fully saturated rings. The van der Waals surface area contributed by atoms with Crippen molar-refractivity contribution in [2.24, 2.45) is 0 Å². The van der Waals surface area contributed by atoms with Crippen molar-refractivity contribution in [2.45, 2.75) is 93.2 Å². The summed E-state index contributed by atoms with van der Waals surface area (Å²) in [7, 11) is -7.37. The topological polar surface area (TPSA) is 189 Å². The maximum Gasteiger partial charge on any atom is 0.344 e. The summed E-state index contributed by atoms with van der Waals surface area (Å²) in [6, 6.07) is -0.629. The minimum Gasteiger partial charge on any atom is -0.465 e. The highest BCUT2D eigenvalue weighted by atomic mass is 31.2. The van der Waals surface area contributed by atoms with Gasteiger partial charge in [-0.15, -0.1) is 0 Å². The third-order valence-electron chi connectivity index (χ3n) is 8.68. The molecule has 1 rings (SSSR count). The quantitative estimate of drug-likeness (QED) is 0.0532. The van der Waals surface area contributed by atoms with Crippen molar-refractivity contribution in [2.75, 3.05) is 118 Å². The van der Waals surface area contributed by atoms with Crippen LogP contribution in [0.15, 0.2) is 0 Å². The smallest absolute Gasteiger partial charge is 0.344 e. The van der Waals surface area contributed by atoms with E-state index in [0.29, 0.717) is 12.8 Å². The van der Waals surface area contributed by atoms with Crippen molar-refractivity contribution in [3.8, 4) is 0 Å². The molecule has 2 atom stereocenters. The third-order valence-corrected chi connectivity index (χ3v) is 12.7. The number of hydrogen-bond acceptors (Lipinski definition) is 18. The number of carbonyl (C=O) groups is 4. The number of esters is 4. The second-order valence-corrected chi connectivity index (χ2v) is 16.9. The van der Waals surface area contributed by atoms with Gasteiger partial charge in [-0.05, 0) is 68.2 Å². The standard InChI is InChI=1S/C36H70N4O14P2/c1-9-47-33(41)25-37(26-34(42)48-10-2)21-23-39(29-55(45,51-13-5)52-14-6)31-19-17-18-20-32(31)40(30-56(46,53-15-7)54-16-8)24-22-38(27-35(43)49-11-3)28-36(44)50-12-4/h31-32H,9-30H2,1-8H3/t31-,32-/m1/s1. The molecule has 1 aliphatic rings. The van der Waals surface area contributed by atoms with Gasteiger partial charge in [0.2, 0.25) is 0 Å². The molecule has 0 aromatic rings. The van der Waals surface area contributed by atoms with Crippen molar-refractivity contribution in [1.82, 2.24) is 19.6 Å². The molecule has 1 saturated carbocycles. The Morgan fingerprint density at radius 3 is 0.946 bits per heavy atom. The average molecular weight is 845 g/mol. The normalized spacial score (nSPS) is 16.4. The van der Waals surface area contributed by atoms with Gasteiger partial charge in [0.15, 0.2) is 0 Å². The Balaban J connectivity index is 3.74. The third kappa shape index (κ3) is 20.6. The lowest BCUT2D eigenvalue weighted by Crippen LogP contribution is -2.56. The van der Waals surface area contributed by atoms with E-state index in [-0.39, 0.29) is 130 Å². The lowest BCUT2D eigenvalue weighted by Gasteiger charge is -2.46. The Labute approximate surface area is 334 Å². The first-order valence-corrected chi connectivity index (χ1v) is 23.5. The van der Waals surface area contributed by atoms with Crippen molar-refractivity contribution >= 4 is 39.1 Å². The maximum absolute atomic E-state index is 14.2. The number of carbonyl (C=O) groups excluding carboxylic acids is 4. The molecule has 56 heavy (non-hydrogen) atoms. The molecule has 328 valence electrons. The van der Waals surface area contributed by atoms with Crippen LogP contribution in [-0.2, 0) is 65.4 Å². The van der Waals surface area contributed by atoms with Crippen LogP contribution in [0.4, 0.5) is 0 Å². The van der Waals surface area contributed by atoms with Gasteiger partial charge < -0.3 is 37.0 Å². The highest BCUT2D eigenvalue weighted by Gasteiger charge is 2.41. The summed E-state index contributed by atoms with van der Waals surface area (Å²) < 4.78 is 72.2. The van der Waals surface area contributed by atoms with Crippen LogP contribution >= 0.6 is 15.2 Å². The van der Waals surface area contributed by atoms with Gasteiger partial charge in [0.25, 0.3) is 0 Å². The van der Waals surface area contributed by atoms with E-state index in [1.54, 1.807) is 65.2 Å². The molecular formula is C36H70N4O14P2. The van der Waals surface area contributed by atoms with Gasteiger partial charge in [0.05, 0.1) is 79.0 Å². The maximum atomic E-state index is 14.2. The lowest BCUT2D eigenvalue weighted by molar-refractivity contribution is -0.150. The molecule has 0 heterocycles. The molecule has 0 aliphatic heterocycles. The van der Waals surface area contributed by atoms with Crippen LogP contribution in [0.3, 0.4) is 0 Å². The van der Waals surface area contributed by atoms with Gasteiger partial charge in [-0.25, -0.2) is 0 Å². The summed E-state index contributed by atoms with van der Waals surface area (Å²) in [5, 5.41) is 0. The van der Waals surface area contributed by atoms with Crippen molar-refractivity contribution in [3.05, 3.63) is 0 Å². The SMILES string of the molecule is CCOC(=O)CN(CCN(CP(=O)(OCC)OCC)[C@@H]1CCCC[C@H]1N(CCN(CC(=O)OCC)CC(=O)OCC)CP(=O)(OCC)OCC)CC(=O)OCC. The average Bonchev–Trinajstić information content (AvgIpc) is 3.12. The van der Waals surface area contributed by atoms with Gasteiger partial charge in [0, 0.05) is 38.3 Å². The van der Waals surface area contributed by atoms with Crippen LogP contribution in [0.5, 0.6) is 0 Å². The highest BCUT2D eigenvalue weighted by molar-refractivity contribution is 7.54. The number of ether oxygens (including phenoxy) is 4. The largest absolute Gasteiger partial charge is 0.465 e. The first-order chi connectivity index (χ1) is 26.8. The molecule has 0 unspecified atom stereocenters. The predicted octanol–water partition coefficient (Wildman–Crippen LogP) is 4.21. The van der Waals surface area contributed by atoms with Crippen LogP contribution in [-0.4, -0.2) is 173 Å². The Morgan fingerprint density at radius 2 is 0.714 bits per heavy atom. The Morgan fingerprint density at radius 1 is 0.446 bits per heavy atom. The van der Waals surface area contributed by atoms with Gasteiger partial charge in [-0.1, -0.05) is 12.8 Å².